The number of hydrogen-bond acceptors (Lipinski definition) is 6. The normalized spacial score (nSPS) is 12.2. The van der Waals surface area contributed by atoms with E-state index in [4.69, 9.17) is 17.0 Å². The fourth-order valence-corrected chi connectivity index (χ4v) is 3.15. The zero-order valence-electron chi connectivity index (χ0n) is 18.1. The molecule has 0 spiro atoms. The van der Waals surface area contributed by atoms with Crippen molar-refractivity contribution in [1.82, 2.24) is 20.9 Å². The molecule has 0 saturated carbocycles. The van der Waals surface area contributed by atoms with Gasteiger partial charge in [0.25, 0.3) is 0 Å². The van der Waals surface area contributed by atoms with E-state index in [0.29, 0.717) is 11.2 Å². The average molecular weight is 472 g/mol. The van der Waals surface area contributed by atoms with Crippen molar-refractivity contribution < 1.29 is 19.2 Å². The SMILES string of the molecule is CC(=O)N[C@@H](Cc1ccncc1)C(=O)N[C@@H](CCC(=O)C=N)C(=O)NCc1ccc(Cl)cc1. The maximum absolute atomic E-state index is 13.0. The van der Waals surface area contributed by atoms with Gasteiger partial charge in [0.15, 0.2) is 5.78 Å². The number of amides is 3. The largest absolute Gasteiger partial charge is 0.350 e. The summed E-state index contributed by atoms with van der Waals surface area (Å²) in [6, 6.07) is 8.41. The molecular weight excluding hydrogens is 446 g/mol. The maximum atomic E-state index is 13.0. The monoisotopic (exact) mass is 471 g/mol. The second kappa shape index (κ2) is 13.1. The summed E-state index contributed by atoms with van der Waals surface area (Å²) in [5, 5.41) is 15.6. The van der Waals surface area contributed by atoms with Crippen LogP contribution in [0.25, 0.3) is 0 Å². The minimum absolute atomic E-state index is 0.00839. The van der Waals surface area contributed by atoms with E-state index in [1.807, 2.05) is 0 Å². The molecular formula is C23H26ClN5O4. The first-order valence-electron chi connectivity index (χ1n) is 10.3. The Balaban J connectivity index is 2.10. The molecule has 0 bridgehead atoms. The number of aromatic nitrogens is 1. The maximum Gasteiger partial charge on any atom is 0.243 e. The first kappa shape index (κ1) is 25.7. The van der Waals surface area contributed by atoms with Gasteiger partial charge >= 0.3 is 0 Å². The molecule has 0 unspecified atom stereocenters. The molecule has 2 rings (SSSR count). The third-order valence-electron chi connectivity index (χ3n) is 4.74. The molecule has 0 radical (unpaired) electrons. The van der Waals surface area contributed by atoms with E-state index in [2.05, 4.69) is 20.9 Å². The van der Waals surface area contributed by atoms with Gasteiger partial charge in [-0.15, -0.1) is 0 Å². The Labute approximate surface area is 196 Å². The number of benzene rings is 1. The highest BCUT2D eigenvalue weighted by Crippen LogP contribution is 2.10. The van der Waals surface area contributed by atoms with Gasteiger partial charge in [-0.3, -0.25) is 24.2 Å². The Hall–Kier alpha value is -3.59. The van der Waals surface area contributed by atoms with Crippen LogP contribution >= 0.6 is 11.6 Å². The van der Waals surface area contributed by atoms with E-state index >= 15 is 0 Å². The van der Waals surface area contributed by atoms with Crippen LogP contribution in [0.4, 0.5) is 0 Å². The van der Waals surface area contributed by atoms with Crippen LogP contribution < -0.4 is 16.0 Å². The number of carbonyl (C=O) groups is 4. The van der Waals surface area contributed by atoms with Crippen LogP contribution in [0.5, 0.6) is 0 Å². The van der Waals surface area contributed by atoms with Gasteiger partial charge in [-0.25, -0.2) is 0 Å². The van der Waals surface area contributed by atoms with Crippen molar-refractivity contribution in [2.24, 2.45) is 0 Å². The molecule has 4 N–H and O–H groups in total. The summed E-state index contributed by atoms with van der Waals surface area (Å²) >= 11 is 5.87. The number of ketones is 1. The number of carbonyl (C=O) groups excluding carboxylic acids is 4. The molecule has 2 atom stereocenters. The second-order valence-corrected chi connectivity index (χ2v) is 7.80. The Kier molecular flexibility index (Phi) is 10.2. The lowest BCUT2D eigenvalue weighted by molar-refractivity contribution is -0.132. The van der Waals surface area contributed by atoms with Crippen molar-refractivity contribution in [2.75, 3.05) is 0 Å². The fourth-order valence-electron chi connectivity index (χ4n) is 3.02. The van der Waals surface area contributed by atoms with E-state index < -0.39 is 35.6 Å². The molecule has 3 amide bonds. The summed E-state index contributed by atoms with van der Waals surface area (Å²) in [5.74, 6) is -1.90. The van der Waals surface area contributed by atoms with Crippen LogP contribution in [0.15, 0.2) is 48.8 Å². The number of hydrogen-bond donors (Lipinski definition) is 4. The molecule has 1 aromatic carbocycles. The van der Waals surface area contributed by atoms with Crippen LogP contribution in [-0.2, 0) is 32.1 Å². The Bertz CT molecular complexity index is 982. The highest BCUT2D eigenvalue weighted by Gasteiger charge is 2.26. The quantitative estimate of drug-likeness (QED) is 0.348. The summed E-state index contributed by atoms with van der Waals surface area (Å²) in [6.07, 6.45) is 3.95. The second-order valence-electron chi connectivity index (χ2n) is 7.37. The minimum atomic E-state index is -1.03. The average Bonchev–Trinajstić information content (AvgIpc) is 2.80. The summed E-state index contributed by atoms with van der Waals surface area (Å²) in [6.45, 7) is 1.50. The minimum Gasteiger partial charge on any atom is -0.350 e. The summed E-state index contributed by atoms with van der Waals surface area (Å²) in [5.41, 5.74) is 1.59. The van der Waals surface area contributed by atoms with Gasteiger partial charge in [0.2, 0.25) is 17.7 Å². The van der Waals surface area contributed by atoms with E-state index in [1.54, 1.807) is 48.8 Å². The molecule has 0 aliphatic rings. The van der Waals surface area contributed by atoms with Crippen molar-refractivity contribution in [3.05, 3.63) is 64.9 Å². The summed E-state index contributed by atoms with van der Waals surface area (Å²) in [7, 11) is 0. The Morgan fingerprint density at radius 1 is 0.970 bits per heavy atom. The van der Waals surface area contributed by atoms with Gasteiger partial charge < -0.3 is 21.4 Å². The van der Waals surface area contributed by atoms with Crippen LogP contribution in [0.3, 0.4) is 0 Å². The summed E-state index contributed by atoms with van der Waals surface area (Å²) in [4.78, 5) is 52.9. The third kappa shape index (κ3) is 9.20. The predicted molar refractivity (Wildman–Crippen MR) is 124 cm³/mol. The van der Waals surface area contributed by atoms with Crippen molar-refractivity contribution in [1.29, 1.82) is 5.41 Å². The van der Waals surface area contributed by atoms with Gasteiger partial charge in [0.1, 0.15) is 12.1 Å². The lowest BCUT2D eigenvalue weighted by atomic mass is 10.0. The number of nitrogens with one attached hydrogen (secondary N) is 4. The number of pyridine rings is 1. The number of Topliss-reactive ketones (excluding diaryl/α,β-unsaturated/α-hetero) is 1. The Morgan fingerprint density at radius 3 is 2.24 bits per heavy atom. The first-order chi connectivity index (χ1) is 15.8. The van der Waals surface area contributed by atoms with Gasteiger partial charge in [-0.05, 0) is 41.8 Å². The van der Waals surface area contributed by atoms with Gasteiger partial charge in [-0.1, -0.05) is 23.7 Å². The number of rotatable bonds is 12. The molecule has 0 fully saturated rings. The molecule has 0 aliphatic heterocycles. The molecule has 174 valence electrons. The molecule has 2 aromatic rings. The lowest BCUT2D eigenvalue weighted by Gasteiger charge is -2.23. The van der Waals surface area contributed by atoms with Crippen LogP contribution in [-0.4, -0.2) is 46.8 Å². The molecule has 33 heavy (non-hydrogen) atoms. The highest BCUT2D eigenvalue weighted by atomic mass is 35.5. The number of halogens is 1. The zero-order valence-corrected chi connectivity index (χ0v) is 18.9. The van der Waals surface area contributed by atoms with Crippen LogP contribution in [0.2, 0.25) is 5.02 Å². The van der Waals surface area contributed by atoms with Crippen molar-refractivity contribution in [3.8, 4) is 0 Å². The topological polar surface area (TPSA) is 141 Å². The summed E-state index contributed by atoms with van der Waals surface area (Å²) < 4.78 is 0. The molecule has 1 aromatic heterocycles. The standard InChI is InChI=1S/C23H26ClN5O4/c1-15(30)28-21(12-16-8-10-26-11-9-16)23(33)29-20(7-6-19(31)13-25)22(32)27-14-17-2-4-18(24)5-3-17/h2-5,8-11,13,20-21,25H,6-7,12,14H2,1H3,(H,27,32)(H,28,30)(H,29,33)/t20-,21-/m0/s1. The fraction of sp³-hybridized carbons (Fsp3) is 0.304. The van der Waals surface area contributed by atoms with Crippen LogP contribution in [0, 0.1) is 5.41 Å². The van der Waals surface area contributed by atoms with Crippen molar-refractivity contribution in [3.63, 3.8) is 0 Å². The molecule has 0 saturated heterocycles. The van der Waals surface area contributed by atoms with Gasteiger partial charge in [0, 0.05) is 43.7 Å². The molecule has 1 heterocycles. The van der Waals surface area contributed by atoms with E-state index in [1.165, 1.54) is 6.92 Å². The zero-order chi connectivity index (χ0) is 24.2. The predicted octanol–water partition coefficient (Wildman–Crippen LogP) is 1.58. The van der Waals surface area contributed by atoms with Crippen LogP contribution in [0.1, 0.15) is 30.9 Å². The third-order valence-corrected chi connectivity index (χ3v) is 4.99. The van der Waals surface area contributed by atoms with E-state index in [0.717, 1.165) is 11.1 Å². The molecule has 0 aliphatic carbocycles. The van der Waals surface area contributed by atoms with Gasteiger partial charge in [-0.2, -0.15) is 0 Å². The van der Waals surface area contributed by atoms with E-state index in [-0.39, 0.29) is 25.8 Å². The Morgan fingerprint density at radius 2 is 1.64 bits per heavy atom. The lowest BCUT2D eigenvalue weighted by Crippen LogP contribution is -2.54. The molecule has 9 nitrogen and oxygen atoms in total. The highest BCUT2D eigenvalue weighted by molar-refractivity contribution is 6.30. The number of nitrogens with zero attached hydrogens (tertiary/aromatic N) is 1. The van der Waals surface area contributed by atoms with Gasteiger partial charge in [0.05, 0.1) is 6.21 Å². The van der Waals surface area contributed by atoms with Crippen molar-refractivity contribution in [2.45, 2.75) is 44.8 Å². The first-order valence-corrected chi connectivity index (χ1v) is 10.7. The van der Waals surface area contributed by atoms with E-state index in [9.17, 15) is 19.2 Å². The smallest absolute Gasteiger partial charge is 0.243 e. The van der Waals surface area contributed by atoms with Crippen molar-refractivity contribution >= 4 is 41.3 Å². The molecule has 10 heteroatoms.